The van der Waals surface area contributed by atoms with Crippen LogP contribution in [-0.4, -0.2) is 23.0 Å². The Labute approximate surface area is 166 Å². The number of benzene rings is 3. The highest BCUT2D eigenvalue weighted by molar-refractivity contribution is 6.09. The minimum absolute atomic E-state index is 0.989. The van der Waals surface area contributed by atoms with Crippen LogP contribution in [0.1, 0.15) is 30.5 Å². The molecule has 1 aromatic heterocycles. The van der Waals surface area contributed by atoms with E-state index in [0.717, 1.165) is 38.0 Å². The predicted octanol–water partition coefficient (Wildman–Crippen LogP) is 6.00. The molecule has 28 heavy (non-hydrogen) atoms. The molecule has 1 aliphatic heterocycles. The molecule has 2 nitrogen and oxygen atoms in total. The molecule has 0 fully saturated rings. The number of likely N-dealkylation sites (N-methyl/N-ethyl adjacent to an activating group) is 1. The van der Waals surface area contributed by atoms with Crippen molar-refractivity contribution < 1.29 is 0 Å². The van der Waals surface area contributed by atoms with Gasteiger partial charge in [0.05, 0.1) is 11.2 Å². The van der Waals surface area contributed by atoms with Gasteiger partial charge < -0.3 is 0 Å². The van der Waals surface area contributed by atoms with E-state index < -0.39 is 0 Å². The van der Waals surface area contributed by atoms with Crippen LogP contribution >= 0.6 is 0 Å². The van der Waals surface area contributed by atoms with Crippen molar-refractivity contribution in [3.63, 3.8) is 0 Å². The first-order valence-corrected chi connectivity index (χ1v) is 10.4. The van der Waals surface area contributed by atoms with Crippen LogP contribution in [0.25, 0.3) is 32.9 Å². The van der Waals surface area contributed by atoms with E-state index in [4.69, 9.17) is 4.98 Å². The van der Waals surface area contributed by atoms with Gasteiger partial charge in [-0.2, -0.15) is 0 Å². The summed E-state index contributed by atoms with van der Waals surface area (Å²) in [5.74, 6) is 0. The summed E-state index contributed by atoms with van der Waals surface area (Å²) in [6.07, 6.45) is 2.16. The minimum atomic E-state index is 0.989. The number of hydrogen-bond donors (Lipinski definition) is 0. The molecule has 4 aromatic rings. The van der Waals surface area contributed by atoms with Crippen LogP contribution in [0.3, 0.4) is 0 Å². The van der Waals surface area contributed by atoms with Gasteiger partial charge in [0.25, 0.3) is 0 Å². The van der Waals surface area contributed by atoms with Crippen molar-refractivity contribution in [2.45, 2.75) is 33.2 Å². The highest BCUT2D eigenvalue weighted by Crippen LogP contribution is 2.37. The Balaban J connectivity index is 1.81. The Morgan fingerprint density at radius 3 is 2.50 bits per heavy atom. The zero-order valence-electron chi connectivity index (χ0n) is 16.7. The normalized spacial score (nSPS) is 14.5. The van der Waals surface area contributed by atoms with E-state index in [0.29, 0.717) is 0 Å². The van der Waals surface area contributed by atoms with Crippen molar-refractivity contribution in [2.75, 3.05) is 13.1 Å². The second kappa shape index (κ2) is 7.03. The maximum absolute atomic E-state index is 5.21. The summed E-state index contributed by atoms with van der Waals surface area (Å²) in [5.41, 5.74) is 7.82. The van der Waals surface area contributed by atoms with Gasteiger partial charge in [0.15, 0.2) is 0 Å². The molecule has 140 valence electrons. The third-order valence-corrected chi connectivity index (χ3v) is 6.23. The SMILES string of the molecule is CCc1ccc(-c2nc3ccc4ccccc4c3c3c2CN(CC)CC3)cc1. The van der Waals surface area contributed by atoms with Gasteiger partial charge in [-0.1, -0.05) is 68.4 Å². The van der Waals surface area contributed by atoms with Crippen LogP contribution in [0.15, 0.2) is 60.7 Å². The molecule has 0 aliphatic carbocycles. The van der Waals surface area contributed by atoms with Crippen LogP contribution in [0.5, 0.6) is 0 Å². The van der Waals surface area contributed by atoms with E-state index in [1.807, 2.05) is 0 Å². The average molecular weight is 367 g/mol. The first-order valence-electron chi connectivity index (χ1n) is 10.4. The van der Waals surface area contributed by atoms with E-state index in [1.165, 1.54) is 44.1 Å². The Bertz CT molecular complexity index is 1160. The van der Waals surface area contributed by atoms with Gasteiger partial charge in [0.1, 0.15) is 0 Å². The summed E-state index contributed by atoms with van der Waals surface area (Å²) in [4.78, 5) is 7.74. The Hall–Kier alpha value is -2.71. The predicted molar refractivity (Wildman–Crippen MR) is 119 cm³/mol. The van der Waals surface area contributed by atoms with Gasteiger partial charge >= 0.3 is 0 Å². The molecular formula is C26H26N2. The molecule has 2 heteroatoms. The van der Waals surface area contributed by atoms with E-state index in [-0.39, 0.29) is 0 Å². The van der Waals surface area contributed by atoms with Gasteiger partial charge in [-0.15, -0.1) is 0 Å². The average Bonchev–Trinajstić information content (AvgIpc) is 2.77. The van der Waals surface area contributed by atoms with Crippen molar-refractivity contribution >= 4 is 21.7 Å². The largest absolute Gasteiger partial charge is 0.299 e. The van der Waals surface area contributed by atoms with E-state index in [2.05, 4.69) is 79.4 Å². The monoisotopic (exact) mass is 366 g/mol. The zero-order chi connectivity index (χ0) is 19.1. The molecule has 1 aliphatic rings. The summed E-state index contributed by atoms with van der Waals surface area (Å²) in [6.45, 7) is 7.66. The Morgan fingerprint density at radius 2 is 1.71 bits per heavy atom. The number of pyridine rings is 1. The topological polar surface area (TPSA) is 16.1 Å². The summed E-state index contributed by atoms with van der Waals surface area (Å²) >= 11 is 0. The van der Waals surface area contributed by atoms with Crippen LogP contribution < -0.4 is 0 Å². The molecule has 5 rings (SSSR count). The van der Waals surface area contributed by atoms with E-state index in [1.54, 1.807) is 0 Å². The fraction of sp³-hybridized carbons (Fsp3) is 0.269. The van der Waals surface area contributed by atoms with Crippen LogP contribution in [-0.2, 0) is 19.4 Å². The number of fused-ring (bicyclic) bond motifs is 5. The summed E-state index contributed by atoms with van der Waals surface area (Å²) in [6, 6.07) is 22.1. The standard InChI is InChI=1S/C26H26N2/c1-3-18-9-11-20(12-10-18)26-23-17-28(4-2)16-15-22(23)25-21-8-6-5-7-19(21)13-14-24(25)27-26/h5-14H,3-4,15-17H2,1-2H3. The molecule has 0 N–H and O–H groups in total. The van der Waals surface area contributed by atoms with Gasteiger partial charge in [-0.25, -0.2) is 4.98 Å². The van der Waals surface area contributed by atoms with Gasteiger partial charge in [0, 0.05) is 24.0 Å². The fourth-order valence-electron chi connectivity index (χ4n) is 4.58. The molecule has 0 bridgehead atoms. The lowest BCUT2D eigenvalue weighted by Crippen LogP contribution is -2.31. The van der Waals surface area contributed by atoms with Gasteiger partial charge in [0.2, 0.25) is 0 Å². The number of aryl methyl sites for hydroxylation is 1. The molecule has 3 aromatic carbocycles. The second-order valence-electron chi connectivity index (χ2n) is 7.77. The van der Waals surface area contributed by atoms with E-state index >= 15 is 0 Å². The third kappa shape index (κ3) is 2.80. The molecule has 0 amide bonds. The van der Waals surface area contributed by atoms with Crippen molar-refractivity contribution in [3.8, 4) is 11.3 Å². The molecule has 0 radical (unpaired) electrons. The van der Waals surface area contributed by atoms with Crippen LogP contribution in [0.4, 0.5) is 0 Å². The van der Waals surface area contributed by atoms with Gasteiger partial charge in [-0.3, -0.25) is 4.90 Å². The molecular weight excluding hydrogens is 340 g/mol. The van der Waals surface area contributed by atoms with Gasteiger partial charge in [-0.05, 0) is 52.9 Å². The first-order chi connectivity index (χ1) is 13.8. The number of hydrogen-bond acceptors (Lipinski definition) is 2. The maximum atomic E-state index is 5.21. The van der Waals surface area contributed by atoms with Crippen molar-refractivity contribution in [3.05, 3.63) is 77.4 Å². The Morgan fingerprint density at radius 1 is 0.893 bits per heavy atom. The molecule has 0 saturated carbocycles. The summed E-state index contributed by atoms with van der Waals surface area (Å²) in [7, 11) is 0. The highest BCUT2D eigenvalue weighted by atomic mass is 15.1. The lowest BCUT2D eigenvalue weighted by molar-refractivity contribution is 0.269. The second-order valence-corrected chi connectivity index (χ2v) is 7.77. The molecule has 0 saturated heterocycles. The van der Waals surface area contributed by atoms with E-state index in [9.17, 15) is 0 Å². The third-order valence-electron chi connectivity index (χ3n) is 6.23. The number of nitrogens with zero attached hydrogens (tertiary/aromatic N) is 2. The maximum Gasteiger partial charge on any atom is 0.0757 e. The smallest absolute Gasteiger partial charge is 0.0757 e. The summed E-state index contributed by atoms with van der Waals surface area (Å²) < 4.78 is 0. The molecule has 2 heterocycles. The minimum Gasteiger partial charge on any atom is -0.299 e. The quantitative estimate of drug-likeness (QED) is 0.414. The lowest BCUT2D eigenvalue weighted by Gasteiger charge is -2.30. The fourth-order valence-corrected chi connectivity index (χ4v) is 4.58. The van der Waals surface area contributed by atoms with Crippen molar-refractivity contribution in [1.29, 1.82) is 0 Å². The molecule has 0 unspecified atom stereocenters. The molecule has 0 spiro atoms. The van der Waals surface area contributed by atoms with Crippen LogP contribution in [0, 0.1) is 0 Å². The molecule has 0 atom stereocenters. The van der Waals surface area contributed by atoms with Crippen LogP contribution in [0.2, 0.25) is 0 Å². The first kappa shape index (κ1) is 17.4. The Kier molecular flexibility index (Phi) is 4.37. The summed E-state index contributed by atoms with van der Waals surface area (Å²) in [5, 5.41) is 4.00. The number of rotatable bonds is 3. The lowest BCUT2D eigenvalue weighted by atomic mass is 9.89. The number of aromatic nitrogens is 1. The zero-order valence-corrected chi connectivity index (χ0v) is 16.7. The highest BCUT2D eigenvalue weighted by Gasteiger charge is 2.23. The van der Waals surface area contributed by atoms with Crippen molar-refractivity contribution in [2.24, 2.45) is 0 Å². The van der Waals surface area contributed by atoms with Crippen molar-refractivity contribution in [1.82, 2.24) is 9.88 Å².